The summed E-state index contributed by atoms with van der Waals surface area (Å²) in [6.07, 6.45) is 0. The zero-order valence-electron chi connectivity index (χ0n) is 24.4. The smallest absolute Gasteiger partial charge is 0.270 e. The summed E-state index contributed by atoms with van der Waals surface area (Å²) in [6.45, 7) is -1.33. The summed E-state index contributed by atoms with van der Waals surface area (Å²) in [7, 11) is 4.61. The predicted octanol–water partition coefficient (Wildman–Crippen LogP) is 3.17. The molecule has 43 heavy (non-hydrogen) atoms. The molecular weight excluding hydrogens is 550 g/mol. The van der Waals surface area contributed by atoms with Crippen LogP contribution in [0.5, 0.6) is 11.5 Å². The van der Waals surface area contributed by atoms with E-state index in [-0.39, 0.29) is 12.5 Å². The van der Waals surface area contributed by atoms with Crippen molar-refractivity contribution in [1.82, 2.24) is 9.47 Å². The summed E-state index contributed by atoms with van der Waals surface area (Å²) < 4.78 is 13.1. The highest BCUT2D eigenvalue weighted by molar-refractivity contribution is 6.07. The van der Waals surface area contributed by atoms with Crippen molar-refractivity contribution in [2.45, 2.75) is 18.6 Å². The first-order chi connectivity index (χ1) is 20.8. The number of rotatable bonds is 9. The minimum Gasteiger partial charge on any atom is -0.496 e. The highest BCUT2D eigenvalue weighted by atomic mass is 16.5. The summed E-state index contributed by atoms with van der Waals surface area (Å²) in [5, 5.41) is 29.6. The van der Waals surface area contributed by atoms with Gasteiger partial charge in [-0.1, -0.05) is 36.4 Å². The average Bonchev–Trinajstić information content (AvgIpc) is 3.37. The molecule has 0 spiro atoms. The molecule has 10 nitrogen and oxygen atoms in total. The second-order valence-electron chi connectivity index (χ2n) is 10.5. The fourth-order valence-corrected chi connectivity index (χ4v) is 5.45. The minimum atomic E-state index is -1.53. The minimum absolute atomic E-state index is 0.189. The average molecular weight is 586 g/mol. The number of benzene rings is 3. The summed E-state index contributed by atoms with van der Waals surface area (Å²) in [5.74, 6) is 0.499. The molecule has 0 aliphatic carbocycles. The van der Waals surface area contributed by atoms with E-state index in [9.17, 15) is 24.9 Å². The summed E-state index contributed by atoms with van der Waals surface area (Å²) >= 11 is 0. The van der Waals surface area contributed by atoms with Crippen molar-refractivity contribution in [2.75, 3.05) is 46.0 Å². The van der Waals surface area contributed by atoms with Crippen LogP contribution in [0.15, 0.2) is 78.9 Å². The van der Waals surface area contributed by atoms with Gasteiger partial charge in [0.2, 0.25) is 0 Å². The fourth-order valence-electron chi connectivity index (χ4n) is 5.45. The number of ether oxygens (including phenoxy) is 2. The maximum absolute atomic E-state index is 14.1. The molecule has 0 fully saturated rings. The van der Waals surface area contributed by atoms with Gasteiger partial charge in [0.25, 0.3) is 11.8 Å². The first-order valence-electron chi connectivity index (χ1n) is 13.8. The number of anilines is 1. The number of likely N-dealkylation sites (N-methyl/N-ethyl adjacent to an activating group) is 1. The Labute approximate surface area is 249 Å². The van der Waals surface area contributed by atoms with Gasteiger partial charge < -0.3 is 39.2 Å². The molecular formula is C33H35N3O7. The maximum Gasteiger partial charge on any atom is 0.270 e. The van der Waals surface area contributed by atoms with E-state index in [0.29, 0.717) is 35.0 Å². The molecule has 0 saturated heterocycles. The lowest BCUT2D eigenvalue weighted by molar-refractivity contribution is -0.0252. The summed E-state index contributed by atoms with van der Waals surface area (Å²) in [5.41, 5.74) is 3.11. The van der Waals surface area contributed by atoms with E-state index in [2.05, 4.69) is 0 Å². The number of aliphatic hydroxyl groups excluding tert-OH is 3. The van der Waals surface area contributed by atoms with Gasteiger partial charge in [0.15, 0.2) is 0 Å². The van der Waals surface area contributed by atoms with Crippen LogP contribution < -0.4 is 14.4 Å². The SMILES string of the molecule is COc1ccccc1-c1ccc(C(=O)N2Cc3ccc(C(=O)N(C)C(CO)(CO)CO)n3Cc3ccccc32)cc1OC. The summed E-state index contributed by atoms with van der Waals surface area (Å²) in [6, 6.07) is 23.9. The van der Waals surface area contributed by atoms with Crippen LogP contribution in [-0.2, 0) is 13.1 Å². The first-order valence-corrected chi connectivity index (χ1v) is 13.8. The van der Waals surface area contributed by atoms with Crippen LogP contribution in [0.1, 0.15) is 32.1 Å². The topological polar surface area (TPSA) is 125 Å². The van der Waals surface area contributed by atoms with Gasteiger partial charge in [-0.3, -0.25) is 9.59 Å². The van der Waals surface area contributed by atoms with Gasteiger partial charge in [0.1, 0.15) is 22.7 Å². The number of nitrogens with zero attached hydrogens (tertiary/aromatic N) is 3. The normalized spacial score (nSPS) is 12.7. The number of methoxy groups -OCH3 is 2. The predicted molar refractivity (Wildman–Crippen MR) is 162 cm³/mol. The number of aromatic nitrogens is 1. The van der Waals surface area contributed by atoms with Crippen LogP contribution in [0.2, 0.25) is 0 Å². The van der Waals surface area contributed by atoms with E-state index in [0.717, 1.165) is 22.4 Å². The van der Waals surface area contributed by atoms with Crippen molar-refractivity contribution < 1.29 is 34.4 Å². The van der Waals surface area contributed by atoms with E-state index in [1.807, 2.05) is 59.2 Å². The van der Waals surface area contributed by atoms with Crippen LogP contribution in [0.4, 0.5) is 5.69 Å². The number of carbonyl (C=O) groups excluding carboxylic acids is 2. The van der Waals surface area contributed by atoms with Crippen LogP contribution in [-0.4, -0.2) is 83.2 Å². The van der Waals surface area contributed by atoms with E-state index >= 15 is 0 Å². The molecule has 0 atom stereocenters. The van der Waals surface area contributed by atoms with Gasteiger partial charge in [-0.25, -0.2) is 0 Å². The molecule has 1 aliphatic rings. The zero-order valence-corrected chi connectivity index (χ0v) is 24.4. The van der Waals surface area contributed by atoms with Gasteiger partial charge in [-0.2, -0.15) is 0 Å². The molecule has 0 saturated carbocycles. The molecule has 4 aromatic rings. The number of amides is 2. The molecule has 2 amide bonds. The molecule has 0 unspecified atom stereocenters. The van der Waals surface area contributed by atoms with E-state index in [4.69, 9.17) is 9.47 Å². The van der Waals surface area contributed by atoms with Crippen molar-refractivity contribution in [3.05, 3.63) is 101 Å². The number of carbonyl (C=O) groups is 2. The van der Waals surface area contributed by atoms with Gasteiger partial charge in [0, 0.05) is 35.1 Å². The third-order valence-electron chi connectivity index (χ3n) is 8.21. The molecule has 10 heteroatoms. The zero-order chi connectivity index (χ0) is 30.7. The molecule has 5 rings (SSSR count). The molecule has 1 aliphatic heterocycles. The highest BCUT2D eigenvalue weighted by Gasteiger charge is 2.38. The summed E-state index contributed by atoms with van der Waals surface area (Å²) in [4.78, 5) is 30.6. The van der Waals surface area contributed by atoms with Crippen molar-refractivity contribution in [2.24, 2.45) is 0 Å². The molecule has 2 heterocycles. The highest BCUT2D eigenvalue weighted by Crippen LogP contribution is 2.38. The third-order valence-corrected chi connectivity index (χ3v) is 8.21. The number of hydrogen-bond acceptors (Lipinski definition) is 7. The Balaban J connectivity index is 1.53. The van der Waals surface area contributed by atoms with Gasteiger partial charge >= 0.3 is 0 Å². The van der Waals surface area contributed by atoms with Crippen molar-refractivity contribution >= 4 is 17.5 Å². The first kappa shape index (κ1) is 29.8. The Morgan fingerprint density at radius 1 is 0.814 bits per heavy atom. The lowest BCUT2D eigenvalue weighted by atomic mass is 10.0. The van der Waals surface area contributed by atoms with Gasteiger partial charge in [-0.05, 0) is 48.0 Å². The second-order valence-corrected chi connectivity index (χ2v) is 10.5. The Morgan fingerprint density at radius 2 is 1.47 bits per heavy atom. The Hall–Kier alpha value is -4.64. The third kappa shape index (κ3) is 5.25. The maximum atomic E-state index is 14.1. The van der Waals surface area contributed by atoms with Crippen LogP contribution in [0.25, 0.3) is 11.1 Å². The molecule has 224 valence electrons. The Morgan fingerprint density at radius 3 is 2.16 bits per heavy atom. The molecule has 3 aromatic carbocycles. The molecule has 1 aromatic heterocycles. The Bertz CT molecular complexity index is 1630. The van der Waals surface area contributed by atoms with Crippen molar-refractivity contribution in [3.63, 3.8) is 0 Å². The number of hydrogen-bond donors (Lipinski definition) is 3. The second kappa shape index (κ2) is 12.3. The van der Waals surface area contributed by atoms with E-state index in [1.165, 1.54) is 11.9 Å². The van der Waals surface area contributed by atoms with Crippen molar-refractivity contribution in [1.29, 1.82) is 0 Å². The largest absolute Gasteiger partial charge is 0.496 e. The standard InChI is InChI=1S/C33H35N3O7/c1-34(33(19-37,20-38)21-39)32(41)28-15-13-24-18-36(27-10-6-4-8-23(27)17-35(24)28)31(40)22-12-14-26(30(16-22)43-3)25-9-5-7-11-29(25)42-2/h4-16,37-39H,17-21H2,1-3H3. The number of para-hydroxylation sites is 2. The lowest BCUT2D eigenvalue weighted by Gasteiger charge is -2.37. The molecule has 3 N–H and O–H groups in total. The van der Waals surface area contributed by atoms with Crippen LogP contribution >= 0.6 is 0 Å². The number of aliphatic hydroxyl groups is 3. The molecule has 0 radical (unpaired) electrons. The van der Waals surface area contributed by atoms with E-state index < -0.39 is 31.3 Å². The van der Waals surface area contributed by atoms with Gasteiger partial charge in [-0.15, -0.1) is 0 Å². The lowest BCUT2D eigenvalue weighted by Crippen LogP contribution is -2.58. The fraction of sp³-hybridized carbons (Fsp3) is 0.273. The van der Waals surface area contributed by atoms with Crippen LogP contribution in [0, 0.1) is 0 Å². The quantitative estimate of drug-likeness (QED) is 0.276. The Kier molecular flexibility index (Phi) is 8.54. The van der Waals surface area contributed by atoms with Gasteiger partial charge in [0.05, 0.1) is 47.1 Å². The number of fused-ring (bicyclic) bond motifs is 2. The molecule has 0 bridgehead atoms. The van der Waals surface area contributed by atoms with Crippen molar-refractivity contribution in [3.8, 4) is 22.6 Å². The van der Waals surface area contributed by atoms with E-state index in [1.54, 1.807) is 43.4 Å². The van der Waals surface area contributed by atoms with Crippen LogP contribution in [0.3, 0.4) is 0 Å². The monoisotopic (exact) mass is 585 g/mol.